The molecule has 100 valence electrons. The molecule has 1 aliphatic heterocycles. The van der Waals surface area contributed by atoms with Gasteiger partial charge in [0.15, 0.2) is 0 Å². The number of thioether (sulfide) groups is 1. The topological polar surface area (TPSA) is 38.3 Å². The lowest BCUT2D eigenvalue weighted by Gasteiger charge is -2.21. The Morgan fingerprint density at radius 2 is 2.00 bits per heavy atom. The lowest BCUT2D eigenvalue weighted by atomic mass is 9.92. The van der Waals surface area contributed by atoms with Gasteiger partial charge in [0.25, 0.3) is 0 Å². The summed E-state index contributed by atoms with van der Waals surface area (Å²) in [5, 5.41) is 3.71. The summed E-state index contributed by atoms with van der Waals surface area (Å²) in [6.07, 6.45) is 2.91. The van der Waals surface area contributed by atoms with Crippen molar-refractivity contribution in [2.24, 2.45) is 5.41 Å². The number of ether oxygens (including phenoxy) is 1. The molecular weight excluding hydrogens is 234 g/mol. The van der Waals surface area contributed by atoms with Crippen LogP contribution >= 0.6 is 11.8 Å². The molecule has 3 nitrogen and oxygen atoms in total. The highest BCUT2D eigenvalue weighted by Gasteiger charge is 2.16. The minimum Gasteiger partial charge on any atom is -0.381 e. The maximum Gasteiger partial charge on any atom is 0.220 e. The van der Waals surface area contributed by atoms with Crippen LogP contribution in [0.15, 0.2) is 0 Å². The second-order valence-corrected chi connectivity index (χ2v) is 7.18. The number of nitrogens with one attached hydrogen (secondary N) is 1. The van der Waals surface area contributed by atoms with Crippen molar-refractivity contribution in [2.75, 3.05) is 25.5 Å². The van der Waals surface area contributed by atoms with Gasteiger partial charge in [0, 0.05) is 37.2 Å². The Hall–Kier alpha value is -0.220. The SMILES string of the molecule is CC(C)(C)CC(=O)NCCSC1CCOCC1. The van der Waals surface area contributed by atoms with E-state index >= 15 is 0 Å². The van der Waals surface area contributed by atoms with Crippen molar-refractivity contribution in [3.05, 3.63) is 0 Å². The fraction of sp³-hybridized carbons (Fsp3) is 0.923. The zero-order chi connectivity index (χ0) is 12.7. The molecule has 0 aromatic heterocycles. The van der Waals surface area contributed by atoms with E-state index in [1.807, 2.05) is 11.8 Å². The van der Waals surface area contributed by atoms with E-state index in [4.69, 9.17) is 4.74 Å². The van der Waals surface area contributed by atoms with Crippen LogP contribution in [0.1, 0.15) is 40.0 Å². The fourth-order valence-electron chi connectivity index (χ4n) is 1.80. The third-order valence-corrected chi connectivity index (χ3v) is 4.02. The van der Waals surface area contributed by atoms with E-state index in [9.17, 15) is 4.79 Å². The number of amides is 1. The van der Waals surface area contributed by atoms with Gasteiger partial charge < -0.3 is 10.1 Å². The Morgan fingerprint density at radius 1 is 1.35 bits per heavy atom. The van der Waals surface area contributed by atoms with E-state index in [0.29, 0.717) is 6.42 Å². The minimum atomic E-state index is 0.0813. The first-order chi connectivity index (χ1) is 7.97. The van der Waals surface area contributed by atoms with Gasteiger partial charge in [-0.25, -0.2) is 0 Å². The second kappa shape index (κ2) is 7.27. The maximum atomic E-state index is 11.6. The molecule has 1 fully saturated rings. The van der Waals surface area contributed by atoms with E-state index in [0.717, 1.165) is 43.6 Å². The minimum absolute atomic E-state index is 0.0813. The Kier molecular flexibility index (Phi) is 6.34. The zero-order valence-corrected chi connectivity index (χ0v) is 12.1. The van der Waals surface area contributed by atoms with Crippen LogP contribution in [0, 0.1) is 5.41 Å². The summed E-state index contributed by atoms with van der Waals surface area (Å²) in [6, 6.07) is 0. The summed E-state index contributed by atoms with van der Waals surface area (Å²) in [7, 11) is 0. The average Bonchev–Trinajstić information content (AvgIpc) is 2.23. The zero-order valence-electron chi connectivity index (χ0n) is 11.3. The molecule has 1 heterocycles. The van der Waals surface area contributed by atoms with Gasteiger partial charge >= 0.3 is 0 Å². The second-order valence-electron chi connectivity index (χ2n) is 5.77. The van der Waals surface area contributed by atoms with E-state index in [1.54, 1.807) is 0 Å². The molecule has 1 amide bonds. The number of hydrogen-bond donors (Lipinski definition) is 1. The van der Waals surface area contributed by atoms with Gasteiger partial charge in [0.2, 0.25) is 5.91 Å². The molecule has 0 atom stereocenters. The van der Waals surface area contributed by atoms with Crippen molar-refractivity contribution in [3.63, 3.8) is 0 Å². The van der Waals surface area contributed by atoms with Crippen molar-refractivity contribution in [2.45, 2.75) is 45.3 Å². The van der Waals surface area contributed by atoms with Gasteiger partial charge in [0.1, 0.15) is 0 Å². The fourth-order valence-corrected chi connectivity index (χ4v) is 2.88. The van der Waals surface area contributed by atoms with Gasteiger partial charge in [-0.05, 0) is 18.3 Å². The highest BCUT2D eigenvalue weighted by molar-refractivity contribution is 7.99. The summed E-state index contributed by atoms with van der Waals surface area (Å²) in [4.78, 5) is 11.6. The molecule has 1 N–H and O–H groups in total. The molecule has 0 aliphatic carbocycles. The van der Waals surface area contributed by atoms with Crippen LogP contribution < -0.4 is 5.32 Å². The van der Waals surface area contributed by atoms with Crippen molar-refractivity contribution < 1.29 is 9.53 Å². The van der Waals surface area contributed by atoms with Crippen LogP contribution in [0.5, 0.6) is 0 Å². The van der Waals surface area contributed by atoms with Crippen LogP contribution in [0.4, 0.5) is 0 Å². The molecule has 17 heavy (non-hydrogen) atoms. The predicted molar refractivity (Wildman–Crippen MR) is 73.4 cm³/mol. The molecule has 1 rings (SSSR count). The largest absolute Gasteiger partial charge is 0.381 e. The third-order valence-electron chi connectivity index (χ3n) is 2.64. The summed E-state index contributed by atoms with van der Waals surface area (Å²) in [5.74, 6) is 1.19. The molecule has 0 bridgehead atoms. The molecule has 0 saturated carbocycles. The predicted octanol–water partition coefficient (Wildman–Crippen LogP) is 2.45. The monoisotopic (exact) mass is 259 g/mol. The third kappa shape index (κ3) is 7.66. The van der Waals surface area contributed by atoms with Crippen LogP contribution in [-0.2, 0) is 9.53 Å². The summed E-state index contributed by atoms with van der Waals surface area (Å²) in [6.45, 7) is 8.84. The van der Waals surface area contributed by atoms with Gasteiger partial charge in [0.05, 0.1) is 0 Å². The summed E-state index contributed by atoms with van der Waals surface area (Å²) in [5.41, 5.74) is 0.0813. The quantitative estimate of drug-likeness (QED) is 0.771. The highest BCUT2D eigenvalue weighted by Crippen LogP contribution is 2.21. The molecule has 0 aromatic rings. The van der Waals surface area contributed by atoms with Gasteiger partial charge in [-0.15, -0.1) is 0 Å². The lowest BCUT2D eigenvalue weighted by molar-refractivity contribution is -0.122. The molecule has 0 spiro atoms. The maximum absolute atomic E-state index is 11.6. The van der Waals surface area contributed by atoms with Crippen molar-refractivity contribution in [1.29, 1.82) is 0 Å². The smallest absolute Gasteiger partial charge is 0.220 e. The summed E-state index contributed by atoms with van der Waals surface area (Å²) < 4.78 is 5.32. The van der Waals surface area contributed by atoms with Crippen LogP contribution in [-0.4, -0.2) is 36.7 Å². The van der Waals surface area contributed by atoms with E-state index in [2.05, 4.69) is 26.1 Å². The molecule has 1 saturated heterocycles. The van der Waals surface area contributed by atoms with E-state index in [-0.39, 0.29) is 11.3 Å². The van der Waals surface area contributed by atoms with Gasteiger partial charge in [-0.2, -0.15) is 11.8 Å². The van der Waals surface area contributed by atoms with Crippen molar-refractivity contribution in [1.82, 2.24) is 5.32 Å². The van der Waals surface area contributed by atoms with Crippen molar-refractivity contribution >= 4 is 17.7 Å². The molecule has 1 aliphatic rings. The van der Waals surface area contributed by atoms with Crippen LogP contribution in [0.3, 0.4) is 0 Å². The van der Waals surface area contributed by atoms with E-state index in [1.165, 1.54) is 0 Å². The molecule has 0 unspecified atom stereocenters. The van der Waals surface area contributed by atoms with Crippen molar-refractivity contribution in [3.8, 4) is 0 Å². The highest BCUT2D eigenvalue weighted by atomic mass is 32.2. The number of hydrogen-bond acceptors (Lipinski definition) is 3. The van der Waals surface area contributed by atoms with Crippen LogP contribution in [0.25, 0.3) is 0 Å². The molecule has 0 aromatic carbocycles. The Bertz CT molecular complexity index is 232. The molecular formula is C13H25NO2S. The Balaban J connectivity index is 2.01. The summed E-state index contributed by atoms with van der Waals surface area (Å²) >= 11 is 1.96. The van der Waals surface area contributed by atoms with Gasteiger partial charge in [-0.1, -0.05) is 20.8 Å². The standard InChI is InChI=1S/C13H25NO2S/c1-13(2,3)10-12(15)14-6-9-17-11-4-7-16-8-5-11/h11H,4-10H2,1-3H3,(H,14,15). The number of carbonyl (C=O) groups excluding carboxylic acids is 1. The first-order valence-electron chi connectivity index (χ1n) is 6.43. The first-order valence-corrected chi connectivity index (χ1v) is 7.48. The lowest BCUT2D eigenvalue weighted by Crippen LogP contribution is -2.30. The van der Waals surface area contributed by atoms with E-state index < -0.39 is 0 Å². The number of carbonyl (C=O) groups is 1. The first kappa shape index (κ1) is 14.8. The molecule has 0 radical (unpaired) electrons. The molecule has 4 heteroatoms. The van der Waals surface area contributed by atoms with Gasteiger partial charge in [-0.3, -0.25) is 4.79 Å². The normalized spacial score (nSPS) is 18.1. The van der Waals surface area contributed by atoms with Crippen LogP contribution in [0.2, 0.25) is 0 Å². The average molecular weight is 259 g/mol. The Labute approximate surface area is 109 Å². The Morgan fingerprint density at radius 3 is 2.59 bits per heavy atom. The number of rotatable bonds is 5.